The molecule has 1 atom stereocenters. The Morgan fingerprint density at radius 1 is 1.53 bits per heavy atom. The van der Waals surface area contributed by atoms with E-state index in [0.29, 0.717) is 13.0 Å². The molecule has 0 bridgehead atoms. The van der Waals surface area contributed by atoms with E-state index in [2.05, 4.69) is 10.6 Å². The average Bonchev–Trinajstić information content (AvgIpc) is 3.05. The quantitative estimate of drug-likeness (QED) is 0.404. The molecular weight excluding hydrogens is 194 g/mol. The first-order chi connectivity index (χ1) is 7.15. The smallest absolute Gasteiger partial charge is 0.220 e. The Kier molecular flexibility index (Phi) is 4.42. The molecule has 1 aliphatic rings. The van der Waals surface area contributed by atoms with Crippen molar-refractivity contribution in [3.63, 3.8) is 0 Å². The molecule has 3 N–H and O–H groups in total. The van der Waals surface area contributed by atoms with E-state index in [-0.39, 0.29) is 30.0 Å². The fraction of sp³-hybridized carbons (Fsp3) is 0.700. The summed E-state index contributed by atoms with van der Waals surface area (Å²) in [5.74, 6) is -0.406. The maximum absolute atomic E-state index is 11.3. The molecule has 5 nitrogen and oxygen atoms in total. The lowest BCUT2D eigenvalue weighted by atomic mass is 10.2. The van der Waals surface area contributed by atoms with Gasteiger partial charge in [-0.3, -0.25) is 15.0 Å². The van der Waals surface area contributed by atoms with Crippen molar-refractivity contribution >= 4 is 17.4 Å². The van der Waals surface area contributed by atoms with E-state index in [1.54, 1.807) is 0 Å². The van der Waals surface area contributed by atoms with Gasteiger partial charge in [0.1, 0.15) is 0 Å². The zero-order chi connectivity index (χ0) is 11.3. The molecule has 0 aromatic carbocycles. The van der Waals surface area contributed by atoms with Crippen LogP contribution < -0.4 is 10.6 Å². The van der Waals surface area contributed by atoms with Crippen molar-refractivity contribution in [1.82, 2.24) is 10.6 Å². The lowest BCUT2D eigenvalue weighted by Crippen LogP contribution is -2.35. The van der Waals surface area contributed by atoms with Gasteiger partial charge in [-0.05, 0) is 6.42 Å². The summed E-state index contributed by atoms with van der Waals surface area (Å²) in [6.45, 7) is 2.67. The third kappa shape index (κ3) is 4.20. The second-order valence-corrected chi connectivity index (χ2v) is 3.68. The molecule has 5 heteroatoms. The minimum Gasteiger partial charge on any atom is -0.349 e. The second-order valence-electron chi connectivity index (χ2n) is 3.68. The normalized spacial score (nSPS) is 18.3. The molecule has 1 fully saturated rings. The Balaban J connectivity index is 2.15. The predicted molar refractivity (Wildman–Crippen MR) is 57.1 cm³/mol. The summed E-state index contributed by atoms with van der Waals surface area (Å²) in [6.07, 6.45) is 2.25. The highest BCUT2D eigenvalue weighted by Gasteiger charge is 2.29. The topological polar surface area (TPSA) is 92.0 Å². The summed E-state index contributed by atoms with van der Waals surface area (Å²) in [4.78, 5) is 22.5. The number of unbranched alkanes of at least 4 members (excludes halogenated alkanes) is 1. The van der Waals surface area contributed by atoms with E-state index in [0.717, 1.165) is 12.8 Å². The number of hydrogen-bond donors (Lipinski definition) is 3. The van der Waals surface area contributed by atoms with Crippen molar-refractivity contribution in [3.8, 4) is 0 Å². The Labute approximate surface area is 89.1 Å². The van der Waals surface area contributed by atoms with Crippen molar-refractivity contribution in [1.29, 1.82) is 5.41 Å². The molecule has 1 heterocycles. The lowest BCUT2D eigenvalue weighted by Gasteiger charge is -2.03. The van der Waals surface area contributed by atoms with Crippen LogP contribution in [0.3, 0.4) is 0 Å². The summed E-state index contributed by atoms with van der Waals surface area (Å²) >= 11 is 0. The van der Waals surface area contributed by atoms with E-state index >= 15 is 0 Å². The molecule has 0 aliphatic carbocycles. The van der Waals surface area contributed by atoms with Crippen LogP contribution in [-0.4, -0.2) is 36.5 Å². The molecule has 1 rings (SSSR count). The lowest BCUT2D eigenvalue weighted by molar-refractivity contribution is -0.123. The minimum atomic E-state index is -0.296. The maximum Gasteiger partial charge on any atom is 0.220 e. The number of hydrogen-bond acceptors (Lipinski definition) is 4. The second kappa shape index (κ2) is 5.60. The van der Waals surface area contributed by atoms with Gasteiger partial charge in [0, 0.05) is 13.0 Å². The predicted octanol–water partition coefficient (Wildman–Crippen LogP) is -0.147. The first kappa shape index (κ1) is 11.8. The van der Waals surface area contributed by atoms with E-state index < -0.39 is 0 Å². The van der Waals surface area contributed by atoms with Crippen molar-refractivity contribution < 1.29 is 9.59 Å². The monoisotopic (exact) mass is 211 g/mol. The zero-order valence-corrected chi connectivity index (χ0v) is 8.93. The van der Waals surface area contributed by atoms with Gasteiger partial charge in [-0.1, -0.05) is 13.3 Å². The number of ketones is 1. The molecule has 1 unspecified atom stereocenters. The van der Waals surface area contributed by atoms with E-state index in [1.165, 1.54) is 0 Å². The van der Waals surface area contributed by atoms with Crippen LogP contribution >= 0.6 is 0 Å². The van der Waals surface area contributed by atoms with E-state index in [9.17, 15) is 9.59 Å². The van der Waals surface area contributed by atoms with Crippen LogP contribution in [0.4, 0.5) is 0 Å². The van der Waals surface area contributed by atoms with Crippen molar-refractivity contribution in [2.45, 2.75) is 32.2 Å². The maximum atomic E-state index is 11.3. The van der Waals surface area contributed by atoms with Gasteiger partial charge >= 0.3 is 0 Å². The van der Waals surface area contributed by atoms with E-state index in [4.69, 9.17) is 5.41 Å². The number of amides is 1. The number of Topliss-reactive ketones (excluding diaryl/α,β-unsaturated/α-hetero) is 1. The first-order valence-electron chi connectivity index (χ1n) is 5.27. The van der Waals surface area contributed by atoms with Gasteiger partial charge in [0.25, 0.3) is 0 Å². The van der Waals surface area contributed by atoms with Crippen molar-refractivity contribution in [2.75, 3.05) is 13.1 Å². The molecule has 15 heavy (non-hydrogen) atoms. The largest absolute Gasteiger partial charge is 0.349 e. The third-order valence-electron chi connectivity index (χ3n) is 2.26. The molecule has 1 amide bonds. The van der Waals surface area contributed by atoms with Gasteiger partial charge in [0.2, 0.25) is 5.91 Å². The summed E-state index contributed by atoms with van der Waals surface area (Å²) in [7, 11) is 0. The fourth-order valence-corrected chi connectivity index (χ4v) is 1.16. The van der Waals surface area contributed by atoms with Crippen LogP contribution in [0.2, 0.25) is 0 Å². The summed E-state index contributed by atoms with van der Waals surface area (Å²) in [5.41, 5.74) is 0.0748. The third-order valence-corrected chi connectivity index (χ3v) is 2.26. The van der Waals surface area contributed by atoms with Crippen molar-refractivity contribution in [3.05, 3.63) is 0 Å². The molecule has 1 saturated heterocycles. The number of rotatable bonds is 7. The first-order valence-corrected chi connectivity index (χ1v) is 5.27. The van der Waals surface area contributed by atoms with Gasteiger partial charge < -0.3 is 10.6 Å². The van der Waals surface area contributed by atoms with Crippen LogP contribution in [0.1, 0.15) is 26.2 Å². The van der Waals surface area contributed by atoms with Gasteiger partial charge in [0.15, 0.2) is 5.78 Å². The van der Waals surface area contributed by atoms with Gasteiger partial charge in [0.05, 0.1) is 18.3 Å². The molecule has 0 radical (unpaired) electrons. The summed E-state index contributed by atoms with van der Waals surface area (Å²) < 4.78 is 0. The van der Waals surface area contributed by atoms with Gasteiger partial charge in [-0.25, -0.2) is 0 Å². The summed E-state index contributed by atoms with van der Waals surface area (Å²) in [5, 5.41) is 12.8. The van der Waals surface area contributed by atoms with Crippen molar-refractivity contribution in [2.24, 2.45) is 0 Å². The Morgan fingerprint density at radius 3 is 2.73 bits per heavy atom. The van der Waals surface area contributed by atoms with Crippen LogP contribution in [0.15, 0.2) is 0 Å². The number of nitrogens with one attached hydrogen (secondary N) is 3. The van der Waals surface area contributed by atoms with Crippen LogP contribution in [0.25, 0.3) is 0 Å². The average molecular weight is 211 g/mol. The summed E-state index contributed by atoms with van der Waals surface area (Å²) in [6, 6.07) is -0.0787. The zero-order valence-electron chi connectivity index (χ0n) is 8.93. The highest BCUT2D eigenvalue weighted by molar-refractivity contribution is 6.42. The molecule has 84 valence electrons. The number of carbonyl (C=O) groups is 2. The van der Waals surface area contributed by atoms with Crippen LogP contribution in [0.5, 0.6) is 0 Å². The SMILES string of the molecule is CCCCC(=O)NCC(=O)C(=N)C1CN1. The molecule has 0 saturated carbocycles. The van der Waals surface area contributed by atoms with Gasteiger partial charge in [-0.2, -0.15) is 0 Å². The minimum absolute atomic E-state index is 0.0421. The van der Waals surface area contributed by atoms with Crippen LogP contribution in [0, 0.1) is 5.41 Å². The highest BCUT2D eigenvalue weighted by Crippen LogP contribution is 1.99. The number of carbonyl (C=O) groups excluding carboxylic acids is 2. The Hall–Kier alpha value is -1.23. The van der Waals surface area contributed by atoms with Crippen LogP contribution in [-0.2, 0) is 9.59 Å². The van der Waals surface area contributed by atoms with Gasteiger partial charge in [-0.15, -0.1) is 0 Å². The molecule has 0 aromatic rings. The van der Waals surface area contributed by atoms with E-state index in [1.807, 2.05) is 6.92 Å². The Bertz CT molecular complexity index is 272. The molecular formula is C10H17N3O2. The molecule has 0 spiro atoms. The Morgan fingerprint density at radius 2 is 2.20 bits per heavy atom. The standard InChI is InChI=1S/C10H17N3O2/c1-2-3-4-9(15)13-6-8(14)10(11)7-5-12-7/h7,11-12H,2-6H2,1H3,(H,13,15). The molecule has 0 aromatic heterocycles. The fourth-order valence-electron chi connectivity index (χ4n) is 1.16. The molecule has 1 aliphatic heterocycles. The highest BCUT2D eigenvalue weighted by atomic mass is 16.2.